The number of carboxylic acids is 1. The Hall–Kier alpha value is -2.45. The van der Waals surface area contributed by atoms with Gasteiger partial charge in [-0.3, -0.25) is 9.59 Å². The molecule has 0 saturated carbocycles. The number of fused-ring (bicyclic) bond motifs is 1. The fraction of sp³-hybridized carbons (Fsp3) is 0.294. The van der Waals surface area contributed by atoms with E-state index in [4.69, 9.17) is 5.11 Å². The number of anilines is 1. The molecule has 2 N–H and O–H groups in total. The predicted octanol–water partition coefficient (Wildman–Crippen LogP) is 2.28. The molecule has 0 atom stereocenters. The number of benzene rings is 2. The number of carbonyl (C=O) groups is 2. The van der Waals surface area contributed by atoms with Gasteiger partial charge in [0.25, 0.3) is 0 Å². The van der Waals surface area contributed by atoms with Crippen LogP contribution in [0, 0.1) is 0 Å². The topological polar surface area (TPSA) is 104 Å². The first-order valence-electron chi connectivity index (χ1n) is 7.78. The van der Waals surface area contributed by atoms with Gasteiger partial charge >= 0.3 is 5.97 Å². The fourth-order valence-corrected chi connectivity index (χ4v) is 4.30. The lowest BCUT2D eigenvalue weighted by atomic mass is 10.1. The lowest BCUT2D eigenvalue weighted by Gasteiger charge is -2.21. The standard InChI is InChI=1S/C17H20N2O5S/c1-3-10-19(11-17(21)22)25(23,24)16-9-8-15(18-12(2)20)13-6-4-5-7-14(13)16/h4-9H,3,10-11H2,1-2H3,(H,18,20)(H,21,22). The van der Waals surface area contributed by atoms with Crippen LogP contribution in [-0.2, 0) is 19.6 Å². The zero-order chi connectivity index (χ0) is 18.6. The maximum atomic E-state index is 13.0. The molecule has 2 aromatic carbocycles. The first-order chi connectivity index (χ1) is 11.8. The molecule has 134 valence electrons. The van der Waals surface area contributed by atoms with E-state index in [9.17, 15) is 18.0 Å². The van der Waals surface area contributed by atoms with Crippen molar-refractivity contribution in [1.29, 1.82) is 0 Å². The summed E-state index contributed by atoms with van der Waals surface area (Å²) in [5.74, 6) is -1.48. The molecule has 2 aromatic rings. The normalized spacial score (nSPS) is 11.6. The van der Waals surface area contributed by atoms with Gasteiger partial charge in [0, 0.05) is 29.9 Å². The predicted molar refractivity (Wildman–Crippen MR) is 94.9 cm³/mol. The van der Waals surface area contributed by atoms with Crippen LogP contribution in [0.15, 0.2) is 41.3 Å². The number of amides is 1. The van der Waals surface area contributed by atoms with Crippen molar-refractivity contribution in [2.24, 2.45) is 0 Å². The van der Waals surface area contributed by atoms with Gasteiger partial charge in [-0.05, 0) is 18.6 Å². The number of nitrogens with one attached hydrogen (secondary N) is 1. The second-order valence-corrected chi connectivity index (χ2v) is 7.48. The summed E-state index contributed by atoms with van der Waals surface area (Å²) >= 11 is 0. The Morgan fingerprint density at radius 1 is 1.12 bits per heavy atom. The smallest absolute Gasteiger partial charge is 0.318 e. The summed E-state index contributed by atoms with van der Waals surface area (Å²) < 4.78 is 26.9. The third-order valence-corrected chi connectivity index (χ3v) is 5.50. The van der Waals surface area contributed by atoms with Gasteiger partial charge in [-0.15, -0.1) is 0 Å². The van der Waals surface area contributed by atoms with Gasteiger partial charge in [0.2, 0.25) is 15.9 Å². The van der Waals surface area contributed by atoms with Crippen molar-refractivity contribution >= 4 is 38.4 Å². The molecular formula is C17H20N2O5S. The molecule has 0 bridgehead atoms. The third-order valence-electron chi connectivity index (χ3n) is 3.60. The number of sulfonamides is 1. The van der Waals surface area contributed by atoms with Crippen LogP contribution in [0.25, 0.3) is 10.8 Å². The molecule has 0 aromatic heterocycles. The summed E-state index contributed by atoms with van der Waals surface area (Å²) in [4.78, 5) is 22.4. The largest absolute Gasteiger partial charge is 0.480 e. The summed E-state index contributed by atoms with van der Waals surface area (Å²) in [5, 5.41) is 12.7. The zero-order valence-corrected chi connectivity index (χ0v) is 14.8. The molecule has 0 spiro atoms. The number of hydrogen-bond acceptors (Lipinski definition) is 4. The Morgan fingerprint density at radius 3 is 2.32 bits per heavy atom. The Bertz CT molecular complexity index is 908. The summed E-state index contributed by atoms with van der Waals surface area (Å²) in [7, 11) is -3.99. The van der Waals surface area contributed by atoms with Gasteiger partial charge in [0.1, 0.15) is 6.54 Å². The number of aliphatic carboxylic acids is 1. The second kappa shape index (κ2) is 7.62. The minimum absolute atomic E-state index is 0.0203. The highest BCUT2D eigenvalue weighted by molar-refractivity contribution is 7.89. The highest BCUT2D eigenvalue weighted by Gasteiger charge is 2.28. The van der Waals surface area contributed by atoms with E-state index in [0.29, 0.717) is 22.9 Å². The first-order valence-corrected chi connectivity index (χ1v) is 9.22. The quantitative estimate of drug-likeness (QED) is 0.784. The highest BCUT2D eigenvalue weighted by Crippen LogP contribution is 2.31. The van der Waals surface area contributed by atoms with Crippen LogP contribution in [0.4, 0.5) is 5.69 Å². The molecule has 7 nitrogen and oxygen atoms in total. The average molecular weight is 364 g/mol. The molecule has 0 fully saturated rings. The van der Waals surface area contributed by atoms with Crippen molar-refractivity contribution in [3.05, 3.63) is 36.4 Å². The molecular weight excluding hydrogens is 344 g/mol. The average Bonchev–Trinajstić information content (AvgIpc) is 2.53. The van der Waals surface area contributed by atoms with Crippen LogP contribution in [-0.4, -0.2) is 42.8 Å². The van der Waals surface area contributed by atoms with Crippen LogP contribution in [0.1, 0.15) is 20.3 Å². The van der Waals surface area contributed by atoms with E-state index < -0.39 is 22.5 Å². The lowest BCUT2D eigenvalue weighted by molar-refractivity contribution is -0.137. The number of nitrogens with zero attached hydrogens (tertiary/aromatic N) is 1. The number of carboxylic acid groups (broad SMARTS) is 1. The van der Waals surface area contributed by atoms with E-state index in [-0.39, 0.29) is 17.3 Å². The zero-order valence-electron chi connectivity index (χ0n) is 14.0. The monoisotopic (exact) mass is 364 g/mol. The SMILES string of the molecule is CCCN(CC(=O)O)S(=O)(=O)c1ccc(NC(C)=O)c2ccccc12. The van der Waals surface area contributed by atoms with Crippen LogP contribution >= 0.6 is 0 Å². The van der Waals surface area contributed by atoms with E-state index in [1.165, 1.54) is 19.1 Å². The molecule has 1 amide bonds. The highest BCUT2D eigenvalue weighted by atomic mass is 32.2. The van der Waals surface area contributed by atoms with Gasteiger partial charge in [0.05, 0.1) is 4.90 Å². The van der Waals surface area contributed by atoms with Crippen LogP contribution in [0.5, 0.6) is 0 Å². The van der Waals surface area contributed by atoms with E-state index in [2.05, 4.69) is 5.32 Å². The van der Waals surface area contributed by atoms with Crippen molar-refractivity contribution < 1.29 is 23.1 Å². The lowest BCUT2D eigenvalue weighted by Crippen LogP contribution is -2.36. The van der Waals surface area contributed by atoms with Crippen molar-refractivity contribution in [3.63, 3.8) is 0 Å². The van der Waals surface area contributed by atoms with Crippen LogP contribution in [0.2, 0.25) is 0 Å². The Morgan fingerprint density at radius 2 is 1.76 bits per heavy atom. The Labute approximate surface area is 146 Å². The second-order valence-electron chi connectivity index (χ2n) is 5.57. The van der Waals surface area contributed by atoms with Gasteiger partial charge in [0.15, 0.2) is 0 Å². The van der Waals surface area contributed by atoms with E-state index in [1.54, 1.807) is 31.2 Å². The molecule has 0 aliphatic heterocycles. The summed E-state index contributed by atoms with van der Waals surface area (Å²) in [6.45, 7) is 2.66. The van der Waals surface area contributed by atoms with Crippen LogP contribution < -0.4 is 5.32 Å². The molecule has 0 aliphatic carbocycles. The van der Waals surface area contributed by atoms with Gasteiger partial charge in [-0.25, -0.2) is 8.42 Å². The van der Waals surface area contributed by atoms with E-state index in [1.807, 2.05) is 0 Å². The van der Waals surface area contributed by atoms with E-state index >= 15 is 0 Å². The van der Waals surface area contributed by atoms with Gasteiger partial charge in [-0.2, -0.15) is 4.31 Å². The van der Waals surface area contributed by atoms with Crippen molar-refractivity contribution in [3.8, 4) is 0 Å². The van der Waals surface area contributed by atoms with Crippen molar-refractivity contribution in [1.82, 2.24) is 4.31 Å². The molecule has 0 aliphatic rings. The first kappa shape index (κ1) is 18.9. The molecule has 0 heterocycles. The molecule has 8 heteroatoms. The van der Waals surface area contributed by atoms with E-state index in [0.717, 1.165) is 4.31 Å². The Balaban J connectivity index is 2.63. The minimum Gasteiger partial charge on any atom is -0.480 e. The summed E-state index contributed by atoms with van der Waals surface area (Å²) in [6.07, 6.45) is 0.494. The maximum Gasteiger partial charge on any atom is 0.318 e. The van der Waals surface area contributed by atoms with Crippen LogP contribution in [0.3, 0.4) is 0 Å². The van der Waals surface area contributed by atoms with Crippen molar-refractivity contribution in [2.75, 3.05) is 18.4 Å². The van der Waals surface area contributed by atoms with Crippen molar-refractivity contribution in [2.45, 2.75) is 25.2 Å². The number of rotatable bonds is 7. The maximum absolute atomic E-state index is 13.0. The minimum atomic E-state index is -3.99. The fourth-order valence-electron chi connectivity index (χ4n) is 2.62. The number of hydrogen-bond donors (Lipinski definition) is 2. The molecule has 25 heavy (non-hydrogen) atoms. The Kier molecular flexibility index (Phi) is 5.76. The molecule has 0 saturated heterocycles. The molecule has 0 unspecified atom stereocenters. The van der Waals surface area contributed by atoms with Gasteiger partial charge < -0.3 is 10.4 Å². The third kappa shape index (κ3) is 4.15. The van der Waals surface area contributed by atoms with Gasteiger partial charge in [-0.1, -0.05) is 31.2 Å². The molecule has 0 radical (unpaired) electrons. The summed E-state index contributed by atoms with van der Waals surface area (Å²) in [6, 6.07) is 9.69. The summed E-state index contributed by atoms with van der Waals surface area (Å²) in [5.41, 5.74) is 0.502. The number of carbonyl (C=O) groups excluding carboxylic acids is 1. The molecule has 2 rings (SSSR count).